The van der Waals surface area contributed by atoms with Crippen LogP contribution in [-0.4, -0.2) is 23.8 Å². The van der Waals surface area contributed by atoms with Gasteiger partial charge in [-0.3, -0.25) is 0 Å². The van der Waals surface area contributed by atoms with Crippen molar-refractivity contribution < 1.29 is 4.39 Å². The quantitative estimate of drug-likeness (QED) is 0.735. The van der Waals surface area contributed by atoms with Gasteiger partial charge in [0, 0.05) is 20.2 Å². The number of halogens is 1. The maximum Gasteiger partial charge on any atom is 0.220 e. The molecule has 0 unspecified atom stereocenters. The van der Waals surface area contributed by atoms with E-state index in [1.54, 1.807) is 15.8 Å². The third kappa shape index (κ3) is 1.17. The van der Waals surface area contributed by atoms with Crippen LogP contribution in [0, 0.1) is 5.82 Å². The van der Waals surface area contributed by atoms with Crippen LogP contribution in [0.15, 0.2) is 18.2 Å². The summed E-state index contributed by atoms with van der Waals surface area (Å²) in [5.41, 5.74) is 7.06. The first-order valence-corrected chi connectivity index (χ1v) is 4.20. The lowest BCUT2D eigenvalue weighted by atomic mass is 10.3. The average molecular weight is 194 g/mol. The van der Waals surface area contributed by atoms with Crippen molar-refractivity contribution >= 4 is 17.0 Å². The predicted octanol–water partition coefficient (Wildman–Crippen LogP) is 0.955. The van der Waals surface area contributed by atoms with Gasteiger partial charge in [-0.25, -0.2) is 14.1 Å². The van der Waals surface area contributed by atoms with Crippen molar-refractivity contribution in [1.29, 1.82) is 0 Å². The van der Waals surface area contributed by atoms with Crippen molar-refractivity contribution in [2.24, 2.45) is 0 Å². The number of anilines is 1. The first-order chi connectivity index (χ1) is 6.59. The van der Waals surface area contributed by atoms with Crippen LogP contribution in [0.4, 0.5) is 10.3 Å². The molecule has 1 aromatic heterocycles. The minimum atomic E-state index is -0.291. The molecule has 0 fully saturated rings. The summed E-state index contributed by atoms with van der Waals surface area (Å²) < 4.78 is 14.6. The molecule has 0 bridgehead atoms. The summed E-state index contributed by atoms with van der Waals surface area (Å²) in [7, 11) is 3.64. The molecular weight excluding hydrogens is 183 g/mol. The zero-order valence-corrected chi connectivity index (χ0v) is 8.03. The van der Waals surface area contributed by atoms with E-state index >= 15 is 0 Å². The Hall–Kier alpha value is -1.78. The van der Waals surface area contributed by atoms with E-state index in [-0.39, 0.29) is 5.82 Å². The van der Waals surface area contributed by atoms with Crippen LogP contribution in [0.25, 0.3) is 11.0 Å². The summed E-state index contributed by atoms with van der Waals surface area (Å²) in [5.74, 6) is 0.0658. The highest BCUT2D eigenvalue weighted by Crippen LogP contribution is 2.18. The van der Waals surface area contributed by atoms with Crippen LogP contribution in [-0.2, 0) is 0 Å². The number of benzene rings is 1. The lowest BCUT2D eigenvalue weighted by Gasteiger charge is -2.15. The lowest BCUT2D eigenvalue weighted by Crippen LogP contribution is -2.26. The van der Waals surface area contributed by atoms with E-state index in [9.17, 15) is 4.39 Å². The number of nitrogen functional groups attached to an aromatic ring is 1. The van der Waals surface area contributed by atoms with Gasteiger partial charge in [0.2, 0.25) is 5.95 Å². The van der Waals surface area contributed by atoms with E-state index in [0.717, 1.165) is 0 Å². The molecule has 0 amide bonds. The Bertz CT molecular complexity index is 475. The molecule has 74 valence electrons. The third-order valence-electron chi connectivity index (χ3n) is 2.02. The number of fused-ring (bicyclic) bond motifs is 1. The van der Waals surface area contributed by atoms with Gasteiger partial charge in [-0.2, -0.15) is 0 Å². The van der Waals surface area contributed by atoms with Gasteiger partial charge in [-0.1, -0.05) is 0 Å². The molecule has 2 aromatic rings. The molecular formula is C9H11FN4. The molecule has 0 spiro atoms. The van der Waals surface area contributed by atoms with Crippen LogP contribution in [0.3, 0.4) is 0 Å². The molecule has 0 aliphatic heterocycles. The van der Waals surface area contributed by atoms with Crippen molar-refractivity contribution in [1.82, 2.24) is 9.66 Å². The van der Waals surface area contributed by atoms with Gasteiger partial charge < -0.3 is 10.7 Å². The average Bonchev–Trinajstić information content (AvgIpc) is 2.40. The van der Waals surface area contributed by atoms with Crippen LogP contribution in [0.2, 0.25) is 0 Å². The zero-order valence-electron chi connectivity index (χ0n) is 8.03. The van der Waals surface area contributed by atoms with Crippen molar-refractivity contribution in [3.63, 3.8) is 0 Å². The summed E-state index contributed by atoms with van der Waals surface area (Å²) in [4.78, 5) is 4.11. The van der Waals surface area contributed by atoms with Gasteiger partial charge in [0.15, 0.2) is 0 Å². The summed E-state index contributed by atoms with van der Waals surface area (Å²) in [5, 5.41) is 1.75. The second-order valence-corrected chi connectivity index (χ2v) is 3.26. The zero-order chi connectivity index (χ0) is 10.3. The summed E-state index contributed by atoms with van der Waals surface area (Å²) in [6, 6.07) is 4.40. The molecule has 0 radical (unpaired) electrons. The van der Waals surface area contributed by atoms with Gasteiger partial charge in [0.25, 0.3) is 0 Å². The number of hydrogen-bond donors (Lipinski definition) is 1. The van der Waals surface area contributed by atoms with E-state index in [0.29, 0.717) is 17.0 Å². The number of imidazole rings is 1. The van der Waals surface area contributed by atoms with Gasteiger partial charge >= 0.3 is 0 Å². The highest BCUT2D eigenvalue weighted by Gasteiger charge is 2.09. The minimum Gasteiger partial charge on any atom is -0.368 e. The molecule has 1 aromatic carbocycles. The first kappa shape index (κ1) is 8.80. The first-order valence-electron chi connectivity index (χ1n) is 4.20. The fraction of sp³-hybridized carbons (Fsp3) is 0.222. The molecule has 0 aliphatic rings. The fourth-order valence-corrected chi connectivity index (χ4v) is 1.48. The molecule has 2 N–H and O–H groups in total. The van der Waals surface area contributed by atoms with Crippen LogP contribution in [0.1, 0.15) is 0 Å². The minimum absolute atomic E-state index is 0.291. The Labute approximate surface area is 80.7 Å². The van der Waals surface area contributed by atoms with Crippen molar-refractivity contribution in [2.45, 2.75) is 0 Å². The van der Waals surface area contributed by atoms with E-state index in [2.05, 4.69) is 4.98 Å². The van der Waals surface area contributed by atoms with E-state index in [1.807, 2.05) is 14.1 Å². The normalized spacial score (nSPS) is 10.8. The molecule has 1 heterocycles. The van der Waals surface area contributed by atoms with Crippen LogP contribution >= 0.6 is 0 Å². The van der Waals surface area contributed by atoms with E-state index in [1.165, 1.54) is 12.1 Å². The summed E-state index contributed by atoms with van der Waals surface area (Å²) >= 11 is 0. The number of hydrogen-bond acceptors (Lipinski definition) is 3. The SMILES string of the molecule is CN(C)n1c(N)nc2ccc(F)cc21. The van der Waals surface area contributed by atoms with Crippen molar-refractivity contribution in [3.05, 3.63) is 24.0 Å². The third-order valence-corrected chi connectivity index (χ3v) is 2.02. The number of aromatic nitrogens is 2. The van der Waals surface area contributed by atoms with Gasteiger partial charge in [0.1, 0.15) is 5.82 Å². The second-order valence-electron chi connectivity index (χ2n) is 3.26. The number of nitrogens with two attached hydrogens (primary N) is 1. The summed E-state index contributed by atoms with van der Waals surface area (Å²) in [6.07, 6.45) is 0. The smallest absolute Gasteiger partial charge is 0.220 e. The lowest BCUT2D eigenvalue weighted by molar-refractivity contribution is 0.628. The Morgan fingerprint density at radius 1 is 1.43 bits per heavy atom. The predicted molar refractivity (Wildman–Crippen MR) is 54.2 cm³/mol. The van der Waals surface area contributed by atoms with E-state index in [4.69, 9.17) is 5.73 Å². The fourth-order valence-electron chi connectivity index (χ4n) is 1.48. The standard InChI is InChI=1S/C9H11FN4/c1-13(2)14-8-5-6(10)3-4-7(8)12-9(14)11/h3-5H,1-2H3,(H2,11,12). The van der Waals surface area contributed by atoms with Crippen LogP contribution in [0.5, 0.6) is 0 Å². The molecule has 5 heteroatoms. The molecule has 14 heavy (non-hydrogen) atoms. The molecule has 0 atom stereocenters. The van der Waals surface area contributed by atoms with Gasteiger partial charge in [-0.05, 0) is 12.1 Å². The number of nitrogens with zero attached hydrogens (tertiary/aromatic N) is 3. The maximum atomic E-state index is 13.0. The highest BCUT2D eigenvalue weighted by molar-refractivity contribution is 5.78. The molecule has 0 saturated carbocycles. The molecule has 0 saturated heterocycles. The van der Waals surface area contributed by atoms with Crippen molar-refractivity contribution in [3.8, 4) is 0 Å². The Morgan fingerprint density at radius 3 is 2.79 bits per heavy atom. The maximum absolute atomic E-state index is 13.0. The topological polar surface area (TPSA) is 47.1 Å². The highest BCUT2D eigenvalue weighted by atomic mass is 19.1. The monoisotopic (exact) mass is 194 g/mol. The summed E-state index contributed by atoms with van der Waals surface area (Å²) in [6.45, 7) is 0. The molecule has 2 rings (SSSR count). The Balaban J connectivity index is 2.79. The van der Waals surface area contributed by atoms with Crippen LogP contribution < -0.4 is 10.7 Å². The number of rotatable bonds is 1. The van der Waals surface area contributed by atoms with Crippen molar-refractivity contribution in [2.75, 3.05) is 24.8 Å². The van der Waals surface area contributed by atoms with Gasteiger partial charge in [0.05, 0.1) is 11.0 Å². The Morgan fingerprint density at radius 2 is 2.14 bits per heavy atom. The Kier molecular flexibility index (Phi) is 1.80. The molecule has 4 nitrogen and oxygen atoms in total. The molecule has 0 aliphatic carbocycles. The van der Waals surface area contributed by atoms with E-state index < -0.39 is 0 Å². The second kappa shape index (κ2) is 2.87. The van der Waals surface area contributed by atoms with Gasteiger partial charge in [-0.15, -0.1) is 0 Å². The largest absolute Gasteiger partial charge is 0.368 e.